The van der Waals surface area contributed by atoms with Gasteiger partial charge in [0.2, 0.25) is 0 Å². The van der Waals surface area contributed by atoms with E-state index in [0.29, 0.717) is 18.8 Å². The fourth-order valence-corrected chi connectivity index (χ4v) is 1.50. The summed E-state index contributed by atoms with van der Waals surface area (Å²) in [5.74, 6) is 0.163. The number of hydrogen-bond donors (Lipinski definition) is 0. The molecule has 0 bridgehead atoms. The number of esters is 1. The lowest BCUT2D eigenvalue weighted by Crippen LogP contribution is -2.32. The maximum absolute atomic E-state index is 11.3. The fraction of sp³-hybridized carbons (Fsp3) is 0.778. The van der Waals surface area contributed by atoms with E-state index in [9.17, 15) is 9.59 Å². The Hall–Kier alpha value is -0.860. The molecule has 1 aliphatic rings. The number of ketones is 1. The van der Waals surface area contributed by atoms with Crippen LogP contribution in [-0.4, -0.2) is 17.9 Å². The maximum atomic E-state index is 11.3. The average Bonchev–Trinajstić information content (AvgIpc) is 1.94. The highest BCUT2D eigenvalue weighted by atomic mass is 16.5. The molecule has 0 aliphatic heterocycles. The zero-order valence-electron chi connectivity index (χ0n) is 7.50. The number of carbonyl (C=O) groups is 2. The van der Waals surface area contributed by atoms with E-state index in [1.807, 2.05) is 6.92 Å². The summed E-state index contributed by atoms with van der Waals surface area (Å²) >= 11 is 0. The third-order valence-corrected chi connectivity index (χ3v) is 2.14. The molecule has 0 N–H and O–H groups in total. The van der Waals surface area contributed by atoms with Gasteiger partial charge in [-0.15, -0.1) is 0 Å². The normalized spacial score (nSPS) is 30.0. The second kappa shape index (κ2) is 3.70. The van der Waals surface area contributed by atoms with Crippen molar-refractivity contribution >= 4 is 11.8 Å². The molecule has 1 fully saturated rings. The van der Waals surface area contributed by atoms with Crippen molar-refractivity contribution in [2.45, 2.75) is 39.2 Å². The molecule has 12 heavy (non-hydrogen) atoms. The lowest BCUT2D eigenvalue weighted by atomic mass is 9.88. The van der Waals surface area contributed by atoms with E-state index in [1.165, 1.54) is 6.92 Å². The summed E-state index contributed by atoms with van der Waals surface area (Å²) in [4.78, 5) is 21.8. The van der Waals surface area contributed by atoms with Crippen LogP contribution in [0.25, 0.3) is 0 Å². The first kappa shape index (κ1) is 9.23. The Kier molecular flexibility index (Phi) is 2.84. The molecule has 68 valence electrons. The summed E-state index contributed by atoms with van der Waals surface area (Å²) in [5, 5.41) is 0. The highest BCUT2D eigenvalue weighted by molar-refractivity contribution is 5.86. The number of ether oxygens (including phenoxy) is 1. The van der Waals surface area contributed by atoms with E-state index >= 15 is 0 Å². The van der Waals surface area contributed by atoms with Crippen molar-refractivity contribution in [3.8, 4) is 0 Å². The molecule has 0 spiro atoms. The number of hydrogen-bond acceptors (Lipinski definition) is 3. The second-order valence-electron chi connectivity index (χ2n) is 3.45. The molecular weight excluding hydrogens is 156 g/mol. The molecular formula is C9H14O3. The Bertz CT molecular complexity index is 198. The van der Waals surface area contributed by atoms with Crippen molar-refractivity contribution < 1.29 is 14.3 Å². The SMILES string of the molecule is CC(=O)O[C@H]1CC[C@H](C)CC1=O. The van der Waals surface area contributed by atoms with Gasteiger partial charge in [-0.05, 0) is 18.8 Å². The first-order chi connectivity index (χ1) is 5.59. The van der Waals surface area contributed by atoms with Crippen LogP contribution in [0.5, 0.6) is 0 Å². The Balaban J connectivity index is 2.45. The van der Waals surface area contributed by atoms with Crippen molar-refractivity contribution in [2.24, 2.45) is 5.92 Å². The van der Waals surface area contributed by atoms with Crippen LogP contribution in [0, 0.1) is 5.92 Å². The van der Waals surface area contributed by atoms with Crippen LogP contribution >= 0.6 is 0 Å². The van der Waals surface area contributed by atoms with Crippen molar-refractivity contribution in [3.63, 3.8) is 0 Å². The third kappa shape index (κ3) is 2.32. The Morgan fingerprint density at radius 3 is 2.67 bits per heavy atom. The molecule has 3 nitrogen and oxygen atoms in total. The molecule has 1 aliphatic carbocycles. The van der Waals surface area contributed by atoms with Crippen LogP contribution in [0.1, 0.15) is 33.1 Å². The van der Waals surface area contributed by atoms with E-state index in [2.05, 4.69) is 0 Å². The summed E-state index contributed by atoms with van der Waals surface area (Å²) in [6.45, 7) is 3.38. The minimum absolute atomic E-state index is 0.0731. The Morgan fingerprint density at radius 1 is 1.50 bits per heavy atom. The van der Waals surface area contributed by atoms with Crippen molar-refractivity contribution in [1.29, 1.82) is 0 Å². The van der Waals surface area contributed by atoms with E-state index in [1.54, 1.807) is 0 Å². The van der Waals surface area contributed by atoms with Crippen LogP contribution in [-0.2, 0) is 14.3 Å². The van der Waals surface area contributed by atoms with E-state index in [-0.39, 0.29) is 11.8 Å². The molecule has 0 aromatic carbocycles. The van der Waals surface area contributed by atoms with Crippen LogP contribution in [0.4, 0.5) is 0 Å². The van der Waals surface area contributed by atoms with Gasteiger partial charge < -0.3 is 4.74 Å². The lowest BCUT2D eigenvalue weighted by Gasteiger charge is -2.24. The van der Waals surface area contributed by atoms with Crippen molar-refractivity contribution in [2.75, 3.05) is 0 Å². The summed E-state index contributed by atoms with van der Waals surface area (Å²) in [7, 11) is 0. The highest BCUT2D eigenvalue weighted by Crippen LogP contribution is 2.22. The minimum atomic E-state index is -0.460. The first-order valence-corrected chi connectivity index (χ1v) is 4.29. The Labute approximate surface area is 72.1 Å². The average molecular weight is 170 g/mol. The van der Waals surface area contributed by atoms with Gasteiger partial charge in [-0.1, -0.05) is 6.92 Å². The summed E-state index contributed by atoms with van der Waals surface area (Å²) < 4.78 is 4.86. The van der Waals surface area contributed by atoms with Crippen LogP contribution in [0.3, 0.4) is 0 Å². The quantitative estimate of drug-likeness (QED) is 0.557. The molecule has 2 atom stereocenters. The van der Waals surface area contributed by atoms with Crippen LogP contribution in [0.15, 0.2) is 0 Å². The molecule has 0 saturated heterocycles. The van der Waals surface area contributed by atoms with Gasteiger partial charge in [-0.3, -0.25) is 9.59 Å². The van der Waals surface area contributed by atoms with E-state index < -0.39 is 6.10 Å². The summed E-state index contributed by atoms with van der Waals surface area (Å²) in [6, 6.07) is 0. The molecule has 1 saturated carbocycles. The van der Waals surface area contributed by atoms with Gasteiger partial charge >= 0.3 is 5.97 Å². The van der Waals surface area contributed by atoms with Crippen LogP contribution < -0.4 is 0 Å². The van der Waals surface area contributed by atoms with Crippen molar-refractivity contribution in [1.82, 2.24) is 0 Å². The molecule has 3 heteroatoms. The molecule has 0 aromatic heterocycles. The number of Topliss-reactive ketones (excluding diaryl/α,β-unsaturated/α-hetero) is 1. The van der Waals surface area contributed by atoms with Gasteiger partial charge in [-0.2, -0.15) is 0 Å². The predicted molar refractivity (Wildman–Crippen MR) is 43.6 cm³/mol. The first-order valence-electron chi connectivity index (χ1n) is 4.29. The molecule has 0 amide bonds. The number of rotatable bonds is 1. The number of carbonyl (C=O) groups excluding carboxylic acids is 2. The highest BCUT2D eigenvalue weighted by Gasteiger charge is 2.28. The zero-order valence-corrected chi connectivity index (χ0v) is 7.50. The van der Waals surface area contributed by atoms with Gasteiger partial charge in [0.1, 0.15) is 0 Å². The van der Waals surface area contributed by atoms with Gasteiger partial charge in [-0.25, -0.2) is 0 Å². The second-order valence-corrected chi connectivity index (χ2v) is 3.45. The van der Waals surface area contributed by atoms with Gasteiger partial charge in [0, 0.05) is 13.3 Å². The maximum Gasteiger partial charge on any atom is 0.303 e. The molecule has 0 unspecified atom stereocenters. The topological polar surface area (TPSA) is 43.4 Å². The molecule has 1 rings (SSSR count). The summed E-state index contributed by atoms with van der Waals surface area (Å²) in [5.41, 5.74) is 0. The van der Waals surface area contributed by atoms with Gasteiger partial charge in [0.05, 0.1) is 0 Å². The fourth-order valence-electron chi connectivity index (χ4n) is 1.50. The van der Waals surface area contributed by atoms with E-state index in [0.717, 1.165) is 6.42 Å². The zero-order chi connectivity index (χ0) is 9.14. The van der Waals surface area contributed by atoms with Gasteiger partial charge in [0.25, 0.3) is 0 Å². The molecule has 0 aromatic rings. The minimum Gasteiger partial charge on any atom is -0.455 e. The standard InChI is InChI=1S/C9H14O3/c1-6-3-4-9(8(11)5-6)12-7(2)10/h6,9H,3-5H2,1-2H3/t6-,9-/m0/s1. The van der Waals surface area contributed by atoms with E-state index in [4.69, 9.17) is 4.74 Å². The molecule has 0 heterocycles. The summed E-state index contributed by atoms with van der Waals surface area (Å²) in [6.07, 6.45) is 1.76. The predicted octanol–water partition coefficient (Wildman–Crippen LogP) is 1.31. The van der Waals surface area contributed by atoms with Crippen molar-refractivity contribution in [3.05, 3.63) is 0 Å². The monoisotopic (exact) mass is 170 g/mol. The van der Waals surface area contributed by atoms with Gasteiger partial charge in [0.15, 0.2) is 11.9 Å². The Morgan fingerprint density at radius 2 is 2.17 bits per heavy atom. The van der Waals surface area contributed by atoms with Crippen LogP contribution in [0.2, 0.25) is 0 Å². The lowest BCUT2D eigenvalue weighted by molar-refractivity contribution is -0.155. The smallest absolute Gasteiger partial charge is 0.303 e. The largest absolute Gasteiger partial charge is 0.455 e. The third-order valence-electron chi connectivity index (χ3n) is 2.14. The molecule has 0 radical (unpaired) electrons.